The van der Waals surface area contributed by atoms with Gasteiger partial charge in [0.1, 0.15) is 6.54 Å². The molecule has 0 saturated carbocycles. The van der Waals surface area contributed by atoms with Crippen molar-refractivity contribution in [1.29, 1.82) is 0 Å². The van der Waals surface area contributed by atoms with Crippen molar-refractivity contribution in [2.75, 3.05) is 6.54 Å². The van der Waals surface area contributed by atoms with Crippen LogP contribution in [0, 0.1) is 0 Å². The quantitative estimate of drug-likeness (QED) is 0.547. The van der Waals surface area contributed by atoms with Crippen LogP contribution < -0.4 is 5.32 Å². The highest BCUT2D eigenvalue weighted by Gasteiger charge is 1.97. The Morgan fingerprint density at radius 2 is 2.45 bits per heavy atom. The maximum absolute atomic E-state index is 5.76. The zero-order valence-electron chi connectivity index (χ0n) is 6.22. The lowest BCUT2D eigenvalue weighted by atomic mass is 10.4. The molecule has 1 heterocycles. The summed E-state index contributed by atoms with van der Waals surface area (Å²) in [5, 5.41) is 2.19. The van der Waals surface area contributed by atoms with Crippen molar-refractivity contribution in [2.24, 2.45) is 0 Å². The van der Waals surface area contributed by atoms with Crippen molar-refractivity contribution in [2.45, 2.75) is 6.54 Å². The van der Waals surface area contributed by atoms with Crippen LogP contribution in [-0.2, 0) is 6.54 Å². The second-order valence-electron chi connectivity index (χ2n) is 2.22. The summed E-state index contributed by atoms with van der Waals surface area (Å²) in [6.45, 7) is 5.61. The van der Waals surface area contributed by atoms with Crippen LogP contribution in [0.3, 0.4) is 0 Å². The predicted molar refractivity (Wildman–Crippen MR) is 50.0 cm³/mol. The highest BCUT2D eigenvalue weighted by atomic mass is 35.5. The molecule has 0 aromatic carbocycles. The molecule has 0 radical (unpaired) electrons. The zero-order chi connectivity index (χ0) is 8.10. The summed E-state index contributed by atoms with van der Waals surface area (Å²) in [5.74, 6) is 0. The average Bonchev–Trinajstić information content (AvgIpc) is 2.37. The Balaban J connectivity index is 2.32. The number of quaternary nitrogens is 1. The number of hydrogen-bond donors (Lipinski definition) is 1. The van der Waals surface area contributed by atoms with Crippen molar-refractivity contribution < 1.29 is 5.32 Å². The van der Waals surface area contributed by atoms with E-state index < -0.39 is 0 Å². The second-order valence-corrected chi connectivity index (χ2v) is 4.02. The van der Waals surface area contributed by atoms with Gasteiger partial charge in [0.05, 0.1) is 15.8 Å². The molecule has 1 aromatic heterocycles. The Morgan fingerprint density at radius 1 is 1.64 bits per heavy atom. The molecular formula is C8H11ClNS+. The summed E-state index contributed by atoms with van der Waals surface area (Å²) in [4.78, 5) is 1.32. The maximum Gasteiger partial charge on any atom is 0.111 e. The van der Waals surface area contributed by atoms with E-state index in [-0.39, 0.29) is 0 Å². The van der Waals surface area contributed by atoms with E-state index in [2.05, 4.69) is 18.0 Å². The van der Waals surface area contributed by atoms with E-state index >= 15 is 0 Å². The summed E-state index contributed by atoms with van der Waals surface area (Å²) in [6.07, 6.45) is 1.90. The first-order valence-corrected chi connectivity index (χ1v) is 4.69. The Labute approximate surface area is 75.7 Å². The molecule has 3 heteroatoms. The molecule has 0 spiro atoms. The van der Waals surface area contributed by atoms with E-state index in [9.17, 15) is 0 Å². The molecule has 0 unspecified atom stereocenters. The fourth-order valence-corrected chi connectivity index (χ4v) is 1.89. The van der Waals surface area contributed by atoms with Crippen molar-refractivity contribution in [3.8, 4) is 0 Å². The lowest BCUT2D eigenvalue weighted by molar-refractivity contribution is -0.661. The zero-order valence-corrected chi connectivity index (χ0v) is 7.79. The molecule has 0 aliphatic heterocycles. The minimum Gasteiger partial charge on any atom is -0.339 e. The Kier molecular flexibility index (Phi) is 3.63. The van der Waals surface area contributed by atoms with Gasteiger partial charge in [-0.2, -0.15) is 0 Å². The van der Waals surface area contributed by atoms with Crippen LogP contribution in [-0.4, -0.2) is 6.54 Å². The van der Waals surface area contributed by atoms with E-state index in [0.717, 1.165) is 17.4 Å². The molecule has 0 aliphatic carbocycles. The Hall–Kier alpha value is -0.310. The molecule has 0 amide bonds. The SMILES string of the molecule is C=CC[NH2+]Cc1ccc(Cl)s1. The lowest BCUT2D eigenvalue weighted by Crippen LogP contribution is -2.82. The van der Waals surface area contributed by atoms with Crippen LogP contribution in [0.1, 0.15) is 4.88 Å². The maximum atomic E-state index is 5.76. The minimum atomic E-state index is 0.868. The summed E-state index contributed by atoms with van der Waals surface area (Å²) in [7, 11) is 0. The van der Waals surface area contributed by atoms with Crippen LogP contribution in [0.2, 0.25) is 4.34 Å². The number of rotatable bonds is 4. The third-order valence-electron chi connectivity index (χ3n) is 1.31. The molecule has 0 fully saturated rings. The highest BCUT2D eigenvalue weighted by Crippen LogP contribution is 2.20. The third-order valence-corrected chi connectivity index (χ3v) is 2.56. The molecular weight excluding hydrogens is 178 g/mol. The van der Waals surface area contributed by atoms with Gasteiger partial charge in [0, 0.05) is 0 Å². The number of thiophene rings is 1. The monoisotopic (exact) mass is 188 g/mol. The summed E-state index contributed by atoms with van der Waals surface area (Å²) < 4.78 is 0.868. The summed E-state index contributed by atoms with van der Waals surface area (Å²) in [6, 6.07) is 4.00. The number of hydrogen-bond acceptors (Lipinski definition) is 1. The largest absolute Gasteiger partial charge is 0.339 e. The molecule has 1 rings (SSSR count). The van der Waals surface area contributed by atoms with Crippen molar-refractivity contribution in [1.82, 2.24) is 0 Å². The molecule has 0 saturated heterocycles. The van der Waals surface area contributed by atoms with Gasteiger partial charge < -0.3 is 5.32 Å². The van der Waals surface area contributed by atoms with E-state index in [1.165, 1.54) is 4.88 Å². The van der Waals surface area contributed by atoms with Gasteiger partial charge in [0.2, 0.25) is 0 Å². The molecule has 1 nitrogen and oxygen atoms in total. The molecule has 0 atom stereocenters. The fraction of sp³-hybridized carbons (Fsp3) is 0.250. The molecule has 0 aliphatic rings. The highest BCUT2D eigenvalue weighted by molar-refractivity contribution is 7.16. The fourth-order valence-electron chi connectivity index (χ4n) is 0.805. The van der Waals surface area contributed by atoms with Crippen molar-refractivity contribution in [3.63, 3.8) is 0 Å². The first-order chi connectivity index (χ1) is 5.33. The first-order valence-electron chi connectivity index (χ1n) is 3.49. The summed E-state index contributed by atoms with van der Waals surface area (Å²) >= 11 is 7.40. The van der Waals surface area contributed by atoms with Crippen LogP contribution in [0.4, 0.5) is 0 Å². The van der Waals surface area contributed by atoms with E-state index in [0.29, 0.717) is 0 Å². The van der Waals surface area contributed by atoms with Gasteiger partial charge >= 0.3 is 0 Å². The third kappa shape index (κ3) is 3.06. The van der Waals surface area contributed by atoms with Crippen LogP contribution in [0.25, 0.3) is 0 Å². The second kappa shape index (κ2) is 4.54. The van der Waals surface area contributed by atoms with Crippen LogP contribution >= 0.6 is 22.9 Å². The Bertz CT molecular complexity index is 232. The average molecular weight is 189 g/mol. The smallest absolute Gasteiger partial charge is 0.111 e. The van der Waals surface area contributed by atoms with Gasteiger partial charge in [-0.3, -0.25) is 0 Å². The molecule has 11 heavy (non-hydrogen) atoms. The van der Waals surface area contributed by atoms with Crippen molar-refractivity contribution in [3.05, 3.63) is 34.0 Å². The molecule has 2 N–H and O–H groups in total. The molecule has 1 aromatic rings. The van der Waals surface area contributed by atoms with Gasteiger partial charge in [0.15, 0.2) is 0 Å². The minimum absolute atomic E-state index is 0.868. The van der Waals surface area contributed by atoms with E-state index in [4.69, 9.17) is 11.6 Å². The number of halogens is 1. The van der Waals surface area contributed by atoms with Crippen molar-refractivity contribution >= 4 is 22.9 Å². The molecule has 0 bridgehead atoms. The predicted octanol–water partition coefficient (Wildman–Crippen LogP) is 1.65. The van der Waals surface area contributed by atoms with Crippen LogP contribution in [0.15, 0.2) is 24.8 Å². The topological polar surface area (TPSA) is 16.6 Å². The van der Waals surface area contributed by atoms with Gasteiger partial charge in [-0.1, -0.05) is 18.2 Å². The lowest BCUT2D eigenvalue weighted by Gasteiger charge is -1.92. The number of nitrogens with two attached hydrogens (primary N) is 1. The van der Waals surface area contributed by atoms with Gasteiger partial charge in [-0.15, -0.1) is 11.3 Å². The normalized spacial score (nSPS) is 9.91. The standard InChI is InChI=1S/C8H10ClNS/c1-2-5-10-6-7-3-4-8(9)11-7/h2-4,10H,1,5-6H2/p+1. The van der Waals surface area contributed by atoms with Gasteiger partial charge in [-0.05, 0) is 18.2 Å². The van der Waals surface area contributed by atoms with E-state index in [1.54, 1.807) is 11.3 Å². The first kappa shape index (κ1) is 8.78. The Morgan fingerprint density at radius 3 is 3.00 bits per heavy atom. The van der Waals surface area contributed by atoms with Crippen LogP contribution in [0.5, 0.6) is 0 Å². The van der Waals surface area contributed by atoms with E-state index in [1.807, 2.05) is 12.1 Å². The summed E-state index contributed by atoms with van der Waals surface area (Å²) in [5.41, 5.74) is 0. The van der Waals surface area contributed by atoms with Gasteiger partial charge in [-0.25, -0.2) is 0 Å². The van der Waals surface area contributed by atoms with Gasteiger partial charge in [0.25, 0.3) is 0 Å². The molecule has 60 valence electrons.